The molecule has 3 unspecified atom stereocenters. The Bertz CT molecular complexity index is 524. The van der Waals surface area contributed by atoms with E-state index in [1.165, 1.54) is 0 Å². The Hall–Kier alpha value is -0.150. The third-order valence-electron chi connectivity index (χ3n) is 4.07. The molecule has 0 spiro atoms. The molecule has 20 heavy (non-hydrogen) atoms. The lowest BCUT2D eigenvalue weighted by molar-refractivity contribution is -0.139. The molecule has 0 amide bonds. The standard InChI is InChI=1S/C14H14Cl4O2/c1-13(2)9(10(13)12(19)20)11(16)14(17,18)7-3-5-8(15)6-4-7/h3-6,9-11H,1-2H3,(H,19,20). The number of hydrogen-bond acceptors (Lipinski definition) is 1. The van der Waals surface area contributed by atoms with Crippen molar-refractivity contribution in [1.29, 1.82) is 0 Å². The molecule has 1 fully saturated rings. The van der Waals surface area contributed by atoms with E-state index >= 15 is 0 Å². The van der Waals surface area contributed by atoms with Crippen molar-refractivity contribution >= 4 is 52.4 Å². The fourth-order valence-electron chi connectivity index (χ4n) is 2.75. The van der Waals surface area contributed by atoms with Crippen LogP contribution in [0.3, 0.4) is 0 Å². The lowest BCUT2D eigenvalue weighted by Crippen LogP contribution is -2.28. The highest BCUT2D eigenvalue weighted by Crippen LogP contribution is 2.65. The molecule has 1 N–H and O–H groups in total. The molecule has 0 aliphatic heterocycles. The summed E-state index contributed by atoms with van der Waals surface area (Å²) in [6, 6.07) is 6.74. The Labute approximate surface area is 138 Å². The molecule has 0 saturated heterocycles. The number of alkyl halides is 3. The molecule has 1 aromatic rings. The Morgan fingerprint density at radius 2 is 1.80 bits per heavy atom. The summed E-state index contributed by atoms with van der Waals surface area (Å²) in [7, 11) is 0. The third kappa shape index (κ3) is 2.64. The van der Waals surface area contributed by atoms with Gasteiger partial charge in [-0.15, -0.1) is 11.6 Å². The molecule has 1 aliphatic carbocycles. The first kappa shape index (κ1) is 16.2. The second kappa shape index (κ2) is 5.24. The molecule has 6 heteroatoms. The van der Waals surface area contributed by atoms with Gasteiger partial charge in [0.05, 0.1) is 11.3 Å². The van der Waals surface area contributed by atoms with Crippen LogP contribution < -0.4 is 0 Å². The van der Waals surface area contributed by atoms with Crippen LogP contribution >= 0.6 is 46.4 Å². The van der Waals surface area contributed by atoms with Gasteiger partial charge in [0.15, 0.2) is 4.33 Å². The minimum absolute atomic E-state index is 0.285. The minimum atomic E-state index is -1.36. The van der Waals surface area contributed by atoms with Crippen LogP contribution in [0.25, 0.3) is 0 Å². The van der Waals surface area contributed by atoms with E-state index in [0.29, 0.717) is 10.6 Å². The molecule has 3 atom stereocenters. The van der Waals surface area contributed by atoms with Crippen molar-refractivity contribution in [3.8, 4) is 0 Å². The molecule has 0 radical (unpaired) electrons. The second-order valence-corrected chi connectivity index (χ2v) is 7.99. The highest BCUT2D eigenvalue weighted by Gasteiger charge is 2.67. The molecule has 0 bridgehead atoms. The maximum absolute atomic E-state index is 11.2. The van der Waals surface area contributed by atoms with Crippen LogP contribution in [0.2, 0.25) is 5.02 Å². The molecule has 1 aliphatic rings. The largest absolute Gasteiger partial charge is 0.481 e. The van der Waals surface area contributed by atoms with Crippen LogP contribution in [0, 0.1) is 17.3 Å². The van der Waals surface area contributed by atoms with E-state index in [9.17, 15) is 9.90 Å². The maximum Gasteiger partial charge on any atom is 0.307 e. The van der Waals surface area contributed by atoms with E-state index in [1.54, 1.807) is 24.3 Å². The maximum atomic E-state index is 11.2. The quantitative estimate of drug-likeness (QED) is 0.777. The number of carbonyl (C=O) groups is 1. The predicted molar refractivity (Wildman–Crippen MR) is 82.9 cm³/mol. The van der Waals surface area contributed by atoms with Crippen LogP contribution in [0.15, 0.2) is 24.3 Å². The molecular formula is C14H14Cl4O2. The molecule has 2 nitrogen and oxygen atoms in total. The lowest BCUT2D eigenvalue weighted by Gasteiger charge is -2.27. The average Bonchev–Trinajstić information content (AvgIpc) is 2.91. The molecule has 0 aromatic heterocycles. The number of carboxylic acid groups (broad SMARTS) is 1. The summed E-state index contributed by atoms with van der Waals surface area (Å²) in [5.74, 6) is -1.69. The smallest absolute Gasteiger partial charge is 0.307 e. The lowest BCUT2D eigenvalue weighted by atomic mass is 10.0. The highest BCUT2D eigenvalue weighted by atomic mass is 35.5. The van der Waals surface area contributed by atoms with Crippen molar-refractivity contribution in [3.05, 3.63) is 34.9 Å². The van der Waals surface area contributed by atoms with Gasteiger partial charge in [0.2, 0.25) is 0 Å². The van der Waals surface area contributed by atoms with Crippen molar-refractivity contribution in [3.63, 3.8) is 0 Å². The summed E-state index contributed by atoms with van der Waals surface area (Å²) in [4.78, 5) is 11.2. The highest BCUT2D eigenvalue weighted by molar-refractivity contribution is 6.52. The fourth-order valence-corrected chi connectivity index (χ4v) is 4.00. The summed E-state index contributed by atoms with van der Waals surface area (Å²) >= 11 is 25.0. The molecule has 110 valence electrons. The summed E-state index contributed by atoms with van der Waals surface area (Å²) in [5, 5.41) is 9.08. The summed E-state index contributed by atoms with van der Waals surface area (Å²) in [6.07, 6.45) is 0. The zero-order valence-electron chi connectivity index (χ0n) is 10.9. The van der Waals surface area contributed by atoms with E-state index < -0.39 is 27.0 Å². The van der Waals surface area contributed by atoms with Crippen molar-refractivity contribution < 1.29 is 9.90 Å². The Morgan fingerprint density at radius 3 is 2.20 bits per heavy atom. The molecule has 1 saturated carbocycles. The Morgan fingerprint density at radius 1 is 1.30 bits per heavy atom. The monoisotopic (exact) mass is 354 g/mol. The topological polar surface area (TPSA) is 37.3 Å². The van der Waals surface area contributed by atoms with Gasteiger partial charge in [-0.2, -0.15) is 0 Å². The summed E-state index contributed by atoms with van der Waals surface area (Å²) in [5.41, 5.74) is 0.191. The van der Waals surface area contributed by atoms with E-state index in [0.717, 1.165) is 0 Å². The van der Waals surface area contributed by atoms with Gasteiger partial charge in [0.25, 0.3) is 0 Å². The van der Waals surface area contributed by atoms with E-state index in [4.69, 9.17) is 46.4 Å². The second-order valence-electron chi connectivity index (χ2n) is 5.69. The summed E-state index contributed by atoms with van der Waals surface area (Å²) < 4.78 is -1.36. The van der Waals surface area contributed by atoms with Crippen LogP contribution in [-0.4, -0.2) is 16.5 Å². The first-order valence-electron chi connectivity index (χ1n) is 6.11. The molecule has 2 rings (SSSR count). The first-order chi connectivity index (χ1) is 9.10. The van der Waals surface area contributed by atoms with Crippen molar-refractivity contribution in [2.24, 2.45) is 17.3 Å². The zero-order valence-corrected chi connectivity index (χ0v) is 13.9. The van der Waals surface area contributed by atoms with Gasteiger partial charge in [0.1, 0.15) is 0 Å². The van der Waals surface area contributed by atoms with Crippen LogP contribution in [-0.2, 0) is 9.13 Å². The van der Waals surface area contributed by atoms with Gasteiger partial charge in [-0.3, -0.25) is 4.79 Å². The number of aliphatic carboxylic acids is 1. The zero-order chi connectivity index (χ0) is 15.3. The number of benzene rings is 1. The number of hydrogen-bond donors (Lipinski definition) is 1. The normalized spacial score (nSPS) is 26.1. The van der Waals surface area contributed by atoms with E-state index in [-0.39, 0.29) is 5.92 Å². The van der Waals surface area contributed by atoms with Crippen molar-refractivity contribution in [1.82, 2.24) is 0 Å². The predicted octanol–water partition coefficient (Wildman–Crippen LogP) is 4.93. The first-order valence-corrected chi connectivity index (χ1v) is 7.68. The number of rotatable bonds is 4. The van der Waals surface area contributed by atoms with Gasteiger partial charge < -0.3 is 5.11 Å². The van der Waals surface area contributed by atoms with Crippen LogP contribution in [0.1, 0.15) is 19.4 Å². The minimum Gasteiger partial charge on any atom is -0.481 e. The molecule has 1 aromatic carbocycles. The Balaban J connectivity index is 2.26. The fraction of sp³-hybridized carbons (Fsp3) is 0.500. The van der Waals surface area contributed by atoms with E-state index in [2.05, 4.69) is 0 Å². The number of carboxylic acids is 1. The van der Waals surface area contributed by atoms with Crippen molar-refractivity contribution in [2.45, 2.75) is 23.6 Å². The average molecular weight is 356 g/mol. The van der Waals surface area contributed by atoms with E-state index in [1.807, 2.05) is 13.8 Å². The molecular weight excluding hydrogens is 342 g/mol. The van der Waals surface area contributed by atoms with Gasteiger partial charge in [-0.25, -0.2) is 0 Å². The van der Waals surface area contributed by atoms with Crippen molar-refractivity contribution in [2.75, 3.05) is 0 Å². The SMILES string of the molecule is CC1(C)C(C(=O)O)C1C(Cl)C(Cl)(Cl)c1ccc(Cl)cc1. The Kier molecular flexibility index (Phi) is 4.25. The summed E-state index contributed by atoms with van der Waals surface area (Å²) in [6.45, 7) is 3.72. The van der Waals surface area contributed by atoms with Gasteiger partial charge >= 0.3 is 5.97 Å². The van der Waals surface area contributed by atoms with Gasteiger partial charge in [-0.05, 0) is 29.0 Å². The van der Waals surface area contributed by atoms with Crippen LogP contribution in [0.4, 0.5) is 0 Å². The third-order valence-corrected chi connectivity index (χ3v) is 6.05. The van der Waals surface area contributed by atoms with Gasteiger partial charge in [-0.1, -0.05) is 60.8 Å². The van der Waals surface area contributed by atoms with Crippen LogP contribution in [0.5, 0.6) is 0 Å². The number of halogens is 4. The van der Waals surface area contributed by atoms with Gasteiger partial charge in [0, 0.05) is 5.02 Å². The molecule has 0 heterocycles.